The lowest BCUT2D eigenvalue weighted by molar-refractivity contribution is -0.149. The highest BCUT2D eigenvalue weighted by atomic mass is 35.5. The number of carbonyl (C=O) groups excluding carboxylic acids is 2. The number of rotatable bonds is 7. The molecular weight excluding hydrogens is 365 g/mol. The molecule has 0 aliphatic carbocycles. The first-order valence-corrected chi connectivity index (χ1v) is 8.83. The van der Waals surface area contributed by atoms with Crippen LogP contribution in [0.1, 0.15) is 5.56 Å². The van der Waals surface area contributed by atoms with Crippen LogP contribution in [0.4, 0.5) is 4.39 Å². The zero-order valence-electron chi connectivity index (χ0n) is 13.6. The van der Waals surface area contributed by atoms with Crippen LogP contribution in [0.25, 0.3) is 0 Å². The van der Waals surface area contributed by atoms with Gasteiger partial charge in [-0.3, -0.25) is 9.59 Å². The molecule has 2 aromatic carbocycles. The molecule has 0 saturated heterocycles. The Labute approximate surface area is 154 Å². The molecule has 2 rings (SSSR count). The Morgan fingerprint density at radius 3 is 2.40 bits per heavy atom. The van der Waals surface area contributed by atoms with Crippen molar-refractivity contribution in [2.24, 2.45) is 0 Å². The molecule has 0 radical (unpaired) electrons. The molecule has 0 aliphatic heterocycles. The number of ether oxygens (including phenoxy) is 1. The summed E-state index contributed by atoms with van der Waals surface area (Å²) in [7, 11) is 1.60. The largest absolute Gasteiger partial charge is 0.455 e. The number of carbonyl (C=O) groups is 2. The van der Waals surface area contributed by atoms with E-state index in [1.54, 1.807) is 31.3 Å². The summed E-state index contributed by atoms with van der Waals surface area (Å²) in [5.41, 5.74) is 0.793. The minimum absolute atomic E-state index is 0.108. The van der Waals surface area contributed by atoms with E-state index in [4.69, 9.17) is 16.3 Å². The van der Waals surface area contributed by atoms with Gasteiger partial charge in [0, 0.05) is 23.5 Å². The summed E-state index contributed by atoms with van der Waals surface area (Å²) in [6.45, 7) is -0.00606. The molecule has 0 spiro atoms. The van der Waals surface area contributed by atoms with E-state index in [2.05, 4.69) is 0 Å². The predicted octanol–water partition coefficient (Wildman–Crippen LogP) is 3.77. The number of esters is 1. The van der Waals surface area contributed by atoms with Crippen LogP contribution in [0.2, 0.25) is 5.02 Å². The molecule has 25 heavy (non-hydrogen) atoms. The van der Waals surface area contributed by atoms with Gasteiger partial charge >= 0.3 is 5.97 Å². The highest BCUT2D eigenvalue weighted by Gasteiger charge is 2.13. The van der Waals surface area contributed by atoms with E-state index in [1.165, 1.54) is 28.8 Å². The normalized spacial score (nSPS) is 10.4. The van der Waals surface area contributed by atoms with E-state index in [0.29, 0.717) is 11.6 Å². The topological polar surface area (TPSA) is 46.6 Å². The second-order valence-electron chi connectivity index (χ2n) is 5.28. The lowest BCUT2D eigenvalue weighted by atomic mass is 10.2. The summed E-state index contributed by atoms with van der Waals surface area (Å²) in [6.07, 6.45) is 0. The fraction of sp³-hybridized carbons (Fsp3) is 0.222. The molecular formula is C18H17ClFNO3S. The maximum Gasteiger partial charge on any atom is 0.316 e. The molecule has 1 amide bonds. The monoisotopic (exact) mass is 381 g/mol. The van der Waals surface area contributed by atoms with Crippen LogP contribution in [0, 0.1) is 5.82 Å². The molecule has 0 aromatic heterocycles. The first-order valence-electron chi connectivity index (χ1n) is 7.46. The molecule has 0 N–H and O–H groups in total. The SMILES string of the molecule is CN(Cc1ccc(F)cc1)C(=O)COC(=O)CSc1ccc(Cl)cc1. The lowest BCUT2D eigenvalue weighted by Gasteiger charge is -2.17. The minimum Gasteiger partial charge on any atom is -0.455 e. The first-order chi connectivity index (χ1) is 11.9. The van der Waals surface area contributed by atoms with Gasteiger partial charge in [-0.15, -0.1) is 11.8 Å². The Hall–Kier alpha value is -2.05. The number of likely N-dealkylation sites (N-methyl/N-ethyl adjacent to an activating group) is 1. The van der Waals surface area contributed by atoms with Crippen molar-refractivity contribution in [3.8, 4) is 0 Å². The fourth-order valence-corrected chi connectivity index (χ4v) is 2.74. The second kappa shape index (κ2) is 9.44. The molecule has 0 atom stereocenters. The zero-order chi connectivity index (χ0) is 18.2. The molecule has 0 aliphatic rings. The van der Waals surface area contributed by atoms with Gasteiger partial charge in [0.15, 0.2) is 6.61 Å². The van der Waals surface area contributed by atoms with Crippen LogP contribution in [0.15, 0.2) is 53.4 Å². The number of thioether (sulfide) groups is 1. The van der Waals surface area contributed by atoms with Crippen LogP contribution in [-0.2, 0) is 20.9 Å². The molecule has 0 heterocycles. The standard InChI is InChI=1S/C18H17ClFNO3S/c1-21(10-13-2-6-15(20)7-3-13)17(22)11-24-18(23)12-25-16-8-4-14(19)5-9-16/h2-9H,10-12H2,1H3. The average molecular weight is 382 g/mol. The van der Waals surface area contributed by atoms with Crippen LogP contribution in [0.5, 0.6) is 0 Å². The highest BCUT2D eigenvalue weighted by Crippen LogP contribution is 2.20. The van der Waals surface area contributed by atoms with Gasteiger partial charge in [0.1, 0.15) is 5.82 Å². The Bertz CT molecular complexity index is 722. The van der Waals surface area contributed by atoms with Crippen molar-refractivity contribution in [2.75, 3.05) is 19.4 Å². The average Bonchev–Trinajstić information content (AvgIpc) is 2.61. The lowest BCUT2D eigenvalue weighted by Crippen LogP contribution is -2.31. The van der Waals surface area contributed by atoms with Crippen LogP contribution < -0.4 is 0 Å². The quantitative estimate of drug-likeness (QED) is 0.541. The molecule has 0 fully saturated rings. The van der Waals surface area contributed by atoms with Gasteiger partial charge < -0.3 is 9.64 Å². The molecule has 7 heteroatoms. The van der Waals surface area contributed by atoms with Crippen LogP contribution in [0.3, 0.4) is 0 Å². The third-order valence-electron chi connectivity index (χ3n) is 3.29. The van der Waals surface area contributed by atoms with Crippen molar-refractivity contribution in [3.05, 3.63) is 64.9 Å². The maximum atomic E-state index is 12.9. The van der Waals surface area contributed by atoms with Crippen molar-refractivity contribution in [2.45, 2.75) is 11.4 Å². The molecule has 132 valence electrons. The Morgan fingerprint density at radius 1 is 1.12 bits per heavy atom. The highest BCUT2D eigenvalue weighted by molar-refractivity contribution is 8.00. The van der Waals surface area contributed by atoms with E-state index in [1.807, 2.05) is 12.1 Å². The number of nitrogens with zero attached hydrogens (tertiary/aromatic N) is 1. The van der Waals surface area contributed by atoms with Crippen LogP contribution in [-0.4, -0.2) is 36.2 Å². The summed E-state index contributed by atoms with van der Waals surface area (Å²) < 4.78 is 17.9. The summed E-state index contributed by atoms with van der Waals surface area (Å²) in [5, 5.41) is 0.627. The van der Waals surface area contributed by atoms with E-state index in [-0.39, 0.29) is 24.1 Å². The predicted molar refractivity (Wildman–Crippen MR) is 96.0 cm³/mol. The molecule has 0 unspecified atom stereocenters. The van der Waals surface area contributed by atoms with Gasteiger partial charge in [-0.1, -0.05) is 23.7 Å². The summed E-state index contributed by atoms with van der Waals surface area (Å²) in [6, 6.07) is 13.0. The molecule has 4 nitrogen and oxygen atoms in total. The van der Waals surface area contributed by atoms with Crippen molar-refractivity contribution in [3.63, 3.8) is 0 Å². The number of benzene rings is 2. The Morgan fingerprint density at radius 2 is 1.76 bits per heavy atom. The zero-order valence-corrected chi connectivity index (χ0v) is 15.1. The van der Waals surface area contributed by atoms with Crippen molar-refractivity contribution in [1.82, 2.24) is 4.90 Å². The molecule has 0 saturated carbocycles. The smallest absolute Gasteiger partial charge is 0.316 e. The Balaban J connectivity index is 1.71. The van der Waals surface area contributed by atoms with Gasteiger partial charge in [0.05, 0.1) is 5.75 Å². The number of hydrogen-bond donors (Lipinski definition) is 0. The Kier molecular flexibility index (Phi) is 7.28. The minimum atomic E-state index is -0.469. The first kappa shape index (κ1) is 19.3. The summed E-state index contributed by atoms with van der Waals surface area (Å²) in [5.74, 6) is -1.01. The number of halogens is 2. The maximum absolute atomic E-state index is 12.9. The number of hydrogen-bond acceptors (Lipinski definition) is 4. The number of amides is 1. The van der Waals surface area contributed by atoms with E-state index in [9.17, 15) is 14.0 Å². The van der Waals surface area contributed by atoms with E-state index >= 15 is 0 Å². The van der Waals surface area contributed by atoms with Gasteiger partial charge in [0.2, 0.25) is 0 Å². The van der Waals surface area contributed by atoms with E-state index in [0.717, 1.165) is 10.5 Å². The van der Waals surface area contributed by atoms with E-state index < -0.39 is 5.97 Å². The molecule has 0 bridgehead atoms. The second-order valence-corrected chi connectivity index (χ2v) is 6.76. The van der Waals surface area contributed by atoms with Crippen molar-refractivity contribution < 1.29 is 18.7 Å². The van der Waals surface area contributed by atoms with Crippen LogP contribution >= 0.6 is 23.4 Å². The van der Waals surface area contributed by atoms with Crippen molar-refractivity contribution in [1.29, 1.82) is 0 Å². The summed E-state index contributed by atoms with van der Waals surface area (Å²) >= 11 is 7.10. The fourth-order valence-electron chi connectivity index (χ4n) is 1.92. The molecule has 2 aromatic rings. The van der Waals surface area contributed by atoms with Gasteiger partial charge in [-0.05, 0) is 42.0 Å². The van der Waals surface area contributed by atoms with Gasteiger partial charge in [-0.25, -0.2) is 4.39 Å². The van der Waals surface area contributed by atoms with Crippen molar-refractivity contribution >= 4 is 35.2 Å². The third-order valence-corrected chi connectivity index (χ3v) is 4.52. The third kappa shape index (κ3) is 6.76. The van der Waals surface area contributed by atoms with Gasteiger partial charge in [0.25, 0.3) is 5.91 Å². The summed E-state index contributed by atoms with van der Waals surface area (Å²) in [4.78, 5) is 26.0. The van der Waals surface area contributed by atoms with Gasteiger partial charge in [-0.2, -0.15) is 0 Å².